The van der Waals surface area contributed by atoms with Gasteiger partial charge >= 0.3 is 0 Å². The van der Waals surface area contributed by atoms with E-state index in [1.54, 1.807) is 12.1 Å². The van der Waals surface area contributed by atoms with E-state index >= 15 is 0 Å². The van der Waals surface area contributed by atoms with Crippen molar-refractivity contribution in [3.05, 3.63) is 88.4 Å². The predicted molar refractivity (Wildman–Crippen MR) is 150 cm³/mol. The summed E-state index contributed by atoms with van der Waals surface area (Å²) in [7, 11) is 0. The van der Waals surface area contributed by atoms with Gasteiger partial charge in [0, 0.05) is 22.6 Å². The van der Waals surface area contributed by atoms with Gasteiger partial charge < -0.3 is 14.8 Å². The average molecular weight is 556 g/mol. The Morgan fingerprint density at radius 2 is 1.74 bits per heavy atom. The van der Waals surface area contributed by atoms with Gasteiger partial charge in [0.25, 0.3) is 5.91 Å². The molecule has 0 fully saturated rings. The first kappa shape index (κ1) is 26.7. The fraction of sp³-hybridized carbons (Fsp3) is 0.286. The SMILES string of the molecule is CCCCCCOc1cccc(NC(=S)NC(=O)c2cc(Br)ccc2OCCc2ccccc2)c1. The van der Waals surface area contributed by atoms with Crippen LogP contribution in [0.3, 0.4) is 0 Å². The molecule has 0 unspecified atom stereocenters. The normalized spacial score (nSPS) is 10.5. The van der Waals surface area contributed by atoms with Crippen LogP contribution in [0.2, 0.25) is 0 Å². The molecule has 35 heavy (non-hydrogen) atoms. The van der Waals surface area contributed by atoms with E-state index in [0.29, 0.717) is 24.5 Å². The van der Waals surface area contributed by atoms with Crippen LogP contribution in [0.15, 0.2) is 77.3 Å². The van der Waals surface area contributed by atoms with Gasteiger partial charge in [-0.05, 0) is 54.5 Å². The number of hydrogen-bond donors (Lipinski definition) is 2. The summed E-state index contributed by atoms with van der Waals surface area (Å²) in [6, 6.07) is 23.0. The lowest BCUT2D eigenvalue weighted by Crippen LogP contribution is -2.34. The lowest BCUT2D eigenvalue weighted by Gasteiger charge is -2.14. The third-order valence-electron chi connectivity index (χ3n) is 5.26. The van der Waals surface area contributed by atoms with Gasteiger partial charge in [-0.25, -0.2) is 0 Å². The molecule has 1 amide bonds. The van der Waals surface area contributed by atoms with Crippen molar-refractivity contribution >= 4 is 44.9 Å². The van der Waals surface area contributed by atoms with Crippen molar-refractivity contribution < 1.29 is 14.3 Å². The Balaban J connectivity index is 1.55. The van der Waals surface area contributed by atoms with Crippen molar-refractivity contribution in [2.24, 2.45) is 0 Å². The van der Waals surface area contributed by atoms with E-state index < -0.39 is 0 Å². The van der Waals surface area contributed by atoms with Crippen LogP contribution in [0.25, 0.3) is 0 Å². The van der Waals surface area contributed by atoms with Crippen molar-refractivity contribution in [3.8, 4) is 11.5 Å². The zero-order valence-electron chi connectivity index (χ0n) is 19.9. The standard InChI is InChI=1S/C28H31BrN2O3S/c1-2-3-4-8-17-33-24-13-9-12-23(20-24)30-28(35)31-27(32)25-19-22(29)14-15-26(25)34-18-16-21-10-6-5-7-11-21/h5-7,9-15,19-20H,2-4,8,16-18H2,1H3,(H2,30,31,32,35). The molecule has 0 bridgehead atoms. The number of anilines is 1. The van der Waals surface area contributed by atoms with Crippen LogP contribution in [0.1, 0.15) is 48.5 Å². The highest BCUT2D eigenvalue weighted by Crippen LogP contribution is 2.24. The second-order valence-corrected chi connectivity index (χ2v) is 9.39. The quantitative estimate of drug-likeness (QED) is 0.184. The molecular formula is C28H31BrN2O3S. The Labute approximate surface area is 221 Å². The number of carbonyl (C=O) groups excluding carboxylic acids is 1. The van der Waals surface area contributed by atoms with E-state index in [4.69, 9.17) is 21.7 Å². The minimum atomic E-state index is -0.346. The number of ether oxygens (including phenoxy) is 2. The first-order chi connectivity index (χ1) is 17.0. The zero-order valence-corrected chi connectivity index (χ0v) is 22.3. The number of unbranched alkanes of at least 4 members (excludes halogenated alkanes) is 3. The summed E-state index contributed by atoms with van der Waals surface area (Å²) in [5.41, 5.74) is 2.32. The van der Waals surface area contributed by atoms with Gasteiger partial charge in [-0.1, -0.05) is 78.5 Å². The van der Waals surface area contributed by atoms with Gasteiger partial charge in [0.1, 0.15) is 11.5 Å². The van der Waals surface area contributed by atoms with Crippen LogP contribution in [-0.2, 0) is 6.42 Å². The fourth-order valence-corrected chi connectivity index (χ4v) is 4.02. The van der Waals surface area contributed by atoms with Gasteiger partial charge in [-0.3, -0.25) is 10.1 Å². The third kappa shape index (κ3) is 9.34. The van der Waals surface area contributed by atoms with E-state index in [1.807, 2.05) is 48.5 Å². The Morgan fingerprint density at radius 1 is 0.914 bits per heavy atom. The van der Waals surface area contributed by atoms with Gasteiger partial charge in [-0.2, -0.15) is 0 Å². The maximum Gasteiger partial charge on any atom is 0.261 e. The molecule has 0 saturated heterocycles. The lowest BCUT2D eigenvalue weighted by molar-refractivity contribution is 0.0973. The van der Waals surface area contributed by atoms with Gasteiger partial charge in [-0.15, -0.1) is 0 Å². The number of rotatable bonds is 12. The number of halogens is 1. The zero-order chi connectivity index (χ0) is 24.9. The molecule has 0 aliphatic rings. The smallest absolute Gasteiger partial charge is 0.261 e. The number of carbonyl (C=O) groups is 1. The van der Waals surface area contributed by atoms with Crippen LogP contribution >= 0.6 is 28.1 Å². The average Bonchev–Trinajstić information content (AvgIpc) is 2.85. The largest absolute Gasteiger partial charge is 0.494 e. The second-order valence-electron chi connectivity index (χ2n) is 8.07. The Morgan fingerprint density at radius 3 is 2.54 bits per heavy atom. The van der Waals surface area contributed by atoms with E-state index in [-0.39, 0.29) is 11.0 Å². The van der Waals surface area contributed by atoms with Gasteiger partial charge in [0.05, 0.1) is 18.8 Å². The highest BCUT2D eigenvalue weighted by atomic mass is 79.9. The summed E-state index contributed by atoms with van der Waals surface area (Å²) in [6.45, 7) is 3.33. The Kier molecular flexibility index (Phi) is 11.1. The van der Waals surface area contributed by atoms with Crippen molar-refractivity contribution in [1.82, 2.24) is 5.32 Å². The minimum absolute atomic E-state index is 0.199. The molecule has 0 heterocycles. The highest BCUT2D eigenvalue weighted by molar-refractivity contribution is 9.10. The molecule has 3 aromatic carbocycles. The van der Waals surface area contributed by atoms with Crippen LogP contribution < -0.4 is 20.1 Å². The molecule has 3 rings (SSSR count). The number of hydrogen-bond acceptors (Lipinski definition) is 4. The molecule has 7 heteroatoms. The molecule has 5 nitrogen and oxygen atoms in total. The van der Waals surface area contributed by atoms with Crippen molar-refractivity contribution in [3.63, 3.8) is 0 Å². The Hall–Kier alpha value is -2.90. The summed E-state index contributed by atoms with van der Waals surface area (Å²) in [6.07, 6.45) is 5.36. The highest BCUT2D eigenvalue weighted by Gasteiger charge is 2.15. The first-order valence-electron chi connectivity index (χ1n) is 11.9. The molecule has 0 aliphatic heterocycles. The monoisotopic (exact) mass is 554 g/mol. The molecule has 0 aliphatic carbocycles. The molecule has 3 aromatic rings. The third-order valence-corrected chi connectivity index (χ3v) is 5.96. The lowest BCUT2D eigenvalue weighted by atomic mass is 10.1. The first-order valence-corrected chi connectivity index (χ1v) is 13.1. The number of amides is 1. The van der Waals surface area contributed by atoms with E-state index in [9.17, 15) is 4.79 Å². The summed E-state index contributed by atoms with van der Waals surface area (Å²) in [5, 5.41) is 6.00. The molecule has 2 N–H and O–H groups in total. The molecule has 0 spiro atoms. The Bertz CT molecular complexity index is 1110. The second kappa shape index (κ2) is 14.5. The van der Waals surface area contributed by atoms with E-state index in [1.165, 1.54) is 18.4 Å². The molecule has 0 saturated carbocycles. The van der Waals surface area contributed by atoms with Crippen molar-refractivity contribution in [2.75, 3.05) is 18.5 Å². The molecule has 0 radical (unpaired) electrons. The molecular weight excluding hydrogens is 524 g/mol. The van der Waals surface area contributed by atoms with E-state index in [2.05, 4.69) is 45.6 Å². The van der Waals surface area contributed by atoms with Crippen LogP contribution in [0.5, 0.6) is 11.5 Å². The van der Waals surface area contributed by atoms with Crippen molar-refractivity contribution in [1.29, 1.82) is 0 Å². The minimum Gasteiger partial charge on any atom is -0.494 e. The number of thiocarbonyl (C=S) groups is 1. The maximum atomic E-state index is 13.0. The molecule has 184 valence electrons. The topological polar surface area (TPSA) is 59.6 Å². The molecule has 0 atom stereocenters. The summed E-state index contributed by atoms with van der Waals surface area (Å²) in [4.78, 5) is 13.0. The van der Waals surface area contributed by atoms with Crippen LogP contribution in [0.4, 0.5) is 5.69 Å². The van der Waals surface area contributed by atoms with E-state index in [0.717, 1.165) is 35.2 Å². The summed E-state index contributed by atoms with van der Waals surface area (Å²) in [5.74, 6) is 0.923. The van der Waals surface area contributed by atoms with Gasteiger partial charge in [0.2, 0.25) is 0 Å². The number of nitrogens with one attached hydrogen (secondary N) is 2. The maximum absolute atomic E-state index is 13.0. The van der Waals surface area contributed by atoms with Crippen LogP contribution in [-0.4, -0.2) is 24.2 Å². The van der Waals surface area contributed by atoms with Crippen molar-refractivity contribution in [2.45, 2.75) is 39.0 Å². The summed E-state index contributed by atoms with van der Waals surface area (Å²) >= 11 is 8.82. The number of benzene rings is 3. The fourth-order valence-electron chi connectivity index (χ4n) is 3.44. The van der Waals surface area contributed by atoms with Crippen LogP contribution in [0, 0.1) is 0 Å². The van der Waals surface area contributed by atoms with Gasteiger partial charge in [0.15, 0.2) is 5.11 Å². The predicted octanol–water partition coefficient (Wildman–Crippen LogP) is 7.16. The summed E-state index contributed by atoms with van der Waals surface area (Å²) < 4.78 is 12.5. The molecule has 0 aromatic heterocycles.